The highest BCUT2D eigenvalue weighted by molar-refractivity contribution is 5.76. The van der Waals surface area contributed by atoms with Gasteiger partial charge in [0.05, 0.1) is 0 Å². The molecular weight excluding hydrogens is 198 g/mol. The number of likely N-dealkylation sites (tertiary alicyclic amines) is 1. The normalized spacial score (nSPS) is 23.0. The van der Waals surface area contributed by atoms with E-state index in [-0.39, 0.29) is 0 Å². The molecule has 2 heteroatoms. The van der Waals surface area contributed by atoms with Crippen LogP contribution in [0.5, 0.6) is 0 Å². The van der Waals surface area contributed by atoms with Gasteiger partial charge in [0, 0.05) is 19.5 Å². The van der Waals surface area contributed by atoms with Crippen molar-refractivity contribution in [2.75, 3.05) is 13.1 Å². The Morgan fingerprint density at radius 2 is 1.94 bits per heavy atom. The minimum Gasteiger partial charge on any atom is -0.343 e. The molecule has 0 aromatic rings. The molecule has 1 saturated heterocycles. The number of nitrogens with zero attached hydrogens (tertiary/aromatic N) is 1. The Morgan fingerprint density at radius 1 is 1.25 bits per heavy atom. The van der Waals surface area contributed by atoms with Gasteiger partial charge in [-0.05, 0) is 37.0 Å². The van der Waals surface area contributed by atoms with Crippen molar-refractivity contribution in [2.45, 2.75) is 59.8 Å². The molecule has 1 unspecified atom stereocenters. The molecule has 0 aromatic carbocycles. The molecule has 0 N–H and O–H groups in total. The van der Waals surface area contributed by atoms with Crippen molar-refractivity contribution < 1.29 is 4.79 Å². The molecule has 0 saturated carbocycles. The maximum absolute atomic E-state index is 11.8. The zero-order chi connectivity index (χ0) is 12.2. The van der Waals surface area contributed by atoms with Crippen LogP contribution in [0.25, 0.3) is 0 Å². The molecule has 2 nitrogen and oxygen atoms in total. The molecule has 1 aliphatic heterocycles. The number of carbonyl (C=O) groups excluding carboxylic acids is 1. The average Bonchev–Trinajstić information content (AvgIpc) is 2.41. The smallest absolute Gasteiger partial charge is 0.222 e. The third-order valence-electron chi connectivity index (χ3n) is 3.77. The van der Waals surface area contributed by atoms with Crippen LogP contribution >= 0.6 is 0 Å². The van der Waals surface area contributed by atoms with Crippen LogP contribution in [0.3, 0.4) is 0 Å². The van der Waals surface area contributed by atoms with Crippen LogP contribution in [-0.4, -0.2) is 23.9 Å². The summed E-state index contributed by atoms with van der Waals surface area (Å²) in [5.41, 5.74) is 0.393. The number of hydrogen-bond donors (Lipinski definition) is 0. The largest absolute Gasteiger partial charge is 0.343 e. The van der Waals surface area contributed by atoms with Gasteiger partial charge in [-0.15, -0.1) is 0 Å². The molecule has 1 atom stereocenters. The number of rotatable bonds is 2. The molecular formula is C14H27NO. The monoisotopic (exact) mass is 225 g/mol. The fraction of sp³-hybridized carbons (Fsp3) is 0.929. The lowest BCUT2D eigenvalue weighted by Gasteiger charge is -2.29. The molecule has 94 valence electrons. The standard InChI is InChI=1S/C14H27NO/c1-5-7-13(16)15-10-6-8-12(9-11-15)14(2,3)4/h12H,5-11H2,1-4H3. The Morgan fingerprint density at radius 3 is 2.50 bits per heavy atom. The van der Waals surface area contributed by atoms with Crippen molar-refractivity contribution in [1.82, 2.24) is 4.90 Å². The number of hydrogen-bond acceptors (Lipinski definition) is 1. The van der Waals surface area contributed by atoms with Gasteiger partial charge in [-0.3, -0.25) is 4.79 Å². The van der Waals surface area contributed by atoms with Crippen molar-refractivity contribution in [1.29, 1.82) is 0 Å². The molecule has 1 rings (SSSR count). The first-order valence-electron chi connectivity index (χ1n) is 6.73. The Kier molecular flexibility index (Phi) is 4.82. The van der Waals surface area contributed by atoms with E-state index < -0.39 is 0 Å². The summed E-state index contributed by atoms with van der Waals surface area (Å²) in [6.45, 7) is 11.0. The molecule has 0 aliphatic carbocycles. The summed E-state index contributed by atoms with van der Waals surface area (Å²) in [5, 5.41) is 0. The number of carbonyl (C=O) groups is 1. The molecule has 1 fully saturated rings. The van der Waals surface area contributed by atoms with Crippen LogP contribution in [-0.2, 0) is 4.79 Å². The number of amides is 1. The van der Waals surface area contributed by atoms with Crippen molar-refractivity contribution in [3.8, 4) is 0 Å². The highest BCUT2D eigenvalue weighted by Gasteiger charge is 2.27. The fourth-order valence-corrected chi connectivity index (χ4v) is 2.58. The van der Waals surface area contributed by atoms with Gasteiger partial charge in [-0.25, -0.2) is 0 Å². The van der Waals surface area contributed by atoms with E-state index >= 15 is 0 Å². The molecule has 0 radical (unpaired) electrons. The molecule has 0 bridgehead atoms. The lowest BCUT2D eigenvalue weighted by atomic mass is 9.77. The van der Waals surface area contributed by atoms with Crippen LogP contribution in [0, 0.1) is 11.3 Å². The van der Waals surface area contributed by atoms with Gasteiger partial charge in [0.25, 0.3) is 0 Å². The topological polar surface area (TPSA) is 20.3 Å². The molecule has 16 heavy (non-hydrogen) atoms. The van der Waals surface area contributed by atoms with Crippen molar-refractivity contribution in [3.05, 3.63) is 0 Å². The van der Waals surface area contributed by atoms with Crippen LogP contribution < -0.4 is 0 Å². The Balaban J connectivity index is 2.49. The SMILES string of the molecule is CCCC(=O)N1CCCC(C(C)(C)C)CC1. The lowest BCUT2D eigenvalue weighted by Crippen LogP contribution is -2.32. The van der Waals surface area contributed by atoms with E-state index in [1.807, 2.05) is 0 Å². The third kappa shape index (κ3) is 3.80. The quantitative estimate of drug-likeness (QED) is 0.704. The fourth-order valence-electron chi connectivity index (χ4n) is 2.58. The van der Waals surface area contributed by atoms with Crippen LogP contribution in [0.2, 0.25) is 0 Å². The van der Waals surface area contributed by atoms with Gasteiger partial charge in [-0.1, -0.05) is 27.7 Å². The Labute approximate surface area is 100 Å². The highest BCUT2D eigenvalue weighted by atomic mass is 16.2. The average molecular weight is 225 g/mol. The van der Waals surface area contributed by atoms with Gasteiger partial charge in [0.15, 0.2) is 0 Å². The van der Waals surface area contributed by atoms with E-state index in [0.29, 0.717) is 11.3 Å². The summed E-state index contributed by atoms with van der Waals surface area (Å²) >= 11 is 0. The first-order chi connectivity index (χ1) is 7.45. The minimum atomic E-state index is 0.358. The second-order valence-electron chi connectivity index (χ2n) is 6.12. The van der Waals surface area contributed by atoms with E-state index in [9.17, 15) is 4.79 Å². The molecule has 0 spiro atoms. The van der Waals surface area contributed by atoms with Gasteiger partial charge in [0.1, 0.15) is 0 Å². The summed E-state index contributed by atoms with van der Waals surface area (Å²) in [7, 11) is 0. The van der Waals surface area contributed by atoms with Gasteiger partial charge >= 0.3 is 0 Å². The van der Waals surface area contributed by atoms with E-state index in [1.54, 1.807) is 0 Å². The van der Waals surface area contributed by atoms with Gasteiger partial charge < -0.3 is 4.90 Å². The van der Waals surface area contributed by atoms with E-state index in [1.165, 1.54) is 19.3 Å². The maximum Gasteiger partial charge on any atom is 0.222 e. The minimum absolute atomic E-state index is 0.358. The third-order valence-corrected chi connectivity index (χ3v) is 3.77. The predicted octanol–water partition coefficient (Wildman–Crippen LogP) is 3.46. The first kappa shape index (κ1) is 13.5. The van der Waals surface area contributed by atoms with Crippen LogP contribution in [0.4, 0.5) is 0 Å². The molecule has 0 aromatic heterocycles. The molecule has 1 aliphatic rings. The summed E-state index contributed by atoms with van der Waals surface area (Å²) < 4.78 is 0. The summed E-state index contributed by atoms with van der Waals surface area (Å²) in [4.78, 5) is 13.9. The Bertz CT molecular complexity index is 229. The zero-order valence-corrected chi connectivity index (χ0v) is 11.4. The van der Waals surface area contributed by atoms with E-state index in [4.69, 9.17) is 0 Å². The van der Waals surface area contributed by atoms with Gasteiger partial charge in [0.2, 0.25) is 5.91 Å². The van der Waals surface area contributed by atoms with E-state index in [2.05, 4.69) is 32.6 Å². The highest BCUT2D eigenvalue weighted by Crippen LogP contribution is 2.34. The summed E-state index contributed by atoms with van der Waals surface area (Å²) in [6, 6.07) is 0. The molecule has 1 heterocycles. The van der Waals surface area contributed by atoms with Crippen LogP contribution in [0.1, 0.15) is 59.8 Å². The van der Waals surface area contributed by atoms with E-state index in [0.717, 1.165) is 31.8 Å². The first-order valence-corrected chi connectivity index (χ1v) is 6.73. The zero-order valence-electron chi connectivity index (χ0n) is 11.4. The summed E-state index contributed by atoms with van der Waals surface area (Å²) in [5.74, 6) is 1.13. The maximum atomic E-state index is 11.8. The van der Waals surface area contributed by atoms with Crippen molar-refractivity contribution in [2.24, 2.45) is 11.3 Å². The second-order valence-corrected chi connectivity index (χ2v) is 6.12. The summed E-state index contributed by atoms with van der Waals surface area (Å²) in [6.07, 6.45) is 5.33. The Hall–Kier alpha value is -0.530. The predicted molar refractivity (Wildman–Crippen MR) is 68.3 cm³/mol. The van der Waals surface area contributed by atoms with Crippen LogP contribution in [0.15, 0.2) is 0 Å². The molecule has 1 amide bonds. The lowest BCUT2D eigenvalue weighted by molar-refractivity contribution is -0.131. The van der Waals surface area contributed by atoms with Gasteiger partial charge in [-0.2, -0.15) is 0 Å². The van der Waals surface area contributed by atoms with Crippen molar-refractivity contribution in [3.63, 3.8) is 0 Å². The van der Waals surface area contributed by atoms with Crippen molar-refractivity contribution >= 4 is 5.91 Å². The second kappa shape index (κ2) is 5.70.